The van der Waals surface area contributed by atoms with Crippen LogP contribution in [0, 0.1) is 17.2 Å². The average Bonchev–Trinajstić information content (AvgIpc) is 2.64. The number of hydrogen-bond donors (Lipinski definition) is 2. The van der Waals surface area contributed by atoms with Gasteiger partial charge in [-0.25, -0.2) is 0 Å². The minimum absolute atomic E-state index is 0.105. The average molecular weight is 370 g/mol. The third kappa shape index (κ3) is 5.08. The maximum absolute atomic E-state index is 12.5. The van der Waals surface area contributed by atoms with Gasteiger partial charge in [-0.3, -0.25) is 9.59 Å². The topological polar surface area (TPSA) is 82.0 Å². The van der Waals surface area contributed by atoms with Gasteiger partial charge in [-0.1, -0.05) is 49.7 Å². The smallest absolute Gasteiger partial charge is 0.253 e. The maximum Gasteiger partial charge on any atom is 0.253 e. The summed E-state index contributed by atoms with van der Waals surface area (Å²) in [6.45, 7) is 3.99. The van der Waals surface area contributed by atoms with E-state index >= 15 is 0 Å². The molecule has 6 heteroatoms. The van der Waals surface area contributed by atoms with E-state index in [1.54, 1.807) is 42.5 Å². The summed E-state index contributed by atoms with van der Waals surface area (Å²) in [5, 5.41) is 14.8. The van der Waals surface area contributed by atoms with Crippen molar-refractivity contribution in [2.75, 3.05) is 0 Å². The van der Waals surface area contributed by atoms with Crippen molar-refractivity contribution >= 4 is 23.4 Å². The molecule has 0 fully saturated rings. The van der Waals surface area contributed by atoms with Gasteiger partial charge in [-0.2, -0.15) is 5.26 Å². The van der Waals surface area contributed by atoms with Gasteiger partial charge in [0.15, 0.2) is 0 Å². The Balaban J connectivity index is 2.04. The molecule has 0 heterocycles. The predicted molar refractivity (Wildman–Crippen MR) is 101 cm³/mol. The van der Waals surface area contributed by atoms with Gasteiger partial charge in [0, 0.05) is 6.54 Å². The first-order valence-corrected chi connectivity index (χ1v) is 8.62. The van der Waals surface area contributed by atoms with Crippen LogP contribution in [0.2, 0.25) is 5.02 Å². The Morgan fingerprint density at radius 3 is 2.54 bits per heavy atom. The molecule has 5 nitrogen and oxygen atoms in total. The highest BCUT2D eigenvalue weighted by Crippen LogP contribution is 2.15. The van der Waals surface area contributed by atoms with Crippen LogP contribution in [0.4, 0.5) is 0 Å². The molecule has 0 spiro atoms. The van der Waals surface area contributed by atoms with Crippen LogP contribution >= 0.6 is 11.6 Å². The number of carbonyl (C=O) groups excluding carboxylic acids is 2. The summed E-state index contributed by atoms with van der Waals surface area (Å²) >= 11 is 6.04. The number of amides is 2. The van der Waals surface area contributed by atoms with Gasteiger partial charge in [0.05, 0.1) is 22.2 Å². The summed E-state index contributed by atoms with van der Waals surface area (Å²) in [6.07, 6.45) is 0. The van der Waals surface area contributed by atoms with E-state index in [9.17, 15) is 9.59 Å². The SMILES string of the molecule is CC(C)C(NC(=O)c1ccccc1Cl)C(=O)NCc1cccc(C#N)c1. The number of benzene rings is 2. The Morgan fingerprint density at radius 2 is 1.88 bits per heavy atom. The highest BCUT2D eigenvalue weighted by atomic mass is 35.5. The fourth-order valence-electron chi connectivity index (χ4n) is 2.45. The van der Waals surface area contributed by atoms with Crippen molar-refractivity contribution < 1.29 is 9.59 Å². The number of halogens is 1. The Morgan fingerprint density at radius 1 is 1.15 bits per heavy atom. The molecule has 1 unspecified atom stereocenters. The van der Waals surface area contributed by atoms with Crippen LogP contribution in [0.3, 0.4) is 0 Å². The number of carbonyl (C=O) groups is 2. The lowest BCUT2D eigenvalue weighted by atomic mass is 10.0. The number of rotatable bonds is 6. The van der Waals surface area contributed by atoms with E-state index in [0.29, 0.717) is 16.1 Å². The standard InChI is InChI=1S/C20H20ClN3O2/c1-13(2)18(24-19(25)16-8-3-4-9-17(16)21)20(26)23-12-15-7-5-6-14(10-15)11-22/h3-10,13,18H,12H2,1-2H3,(H,23,26)(H,24,25). The largest absolute Gasteiger partial charge is 0.350 e. The second-order valence-corrected chi connectivity index (χ2v) is 6.61. The third-order valence-corrected chi connectivity index (χ3v) is 4.21. The Bertz CT molecular complexity index is 843. The number of nitrogens with zero attached hydrogens (tertiary/aromatic N) is 1. The van der Waals surface area contributed by atoms with Crippen molar-refractivity contribution in [2.24, 2.45) is 5.92 Å². The van der Waals surface area contributed by atoms with Gasteiger partial charge in [-0.15, -0.1) is 0 Å². The van der Waals surface area contributed by atoms with Crippen LogP contribution in [0.5, 0.6) is 0 Å². The first kappa shape index (κ1) is 19.5. The van der Waals surface area contributed by atoms with Crippen molar-refractivity contribution in [2.45, 2.75) is 26.4 Å². The fraction of sp³-hybridized carbons (Fsp3) is 0.250. The van der Waals surface area contributed by atoms with Gasteiger partial charge in [0.1, 0.15) is 6.04 Å². The Kier molecular flexibility index (Phi) is 6.76. The molecule has 0 bridgehead atoms. The molecule has 0 saturated carbocycles. The third-order valence-electron chi connectivity index (χ3n) is 3.88. The molecule has 2 N–H and O–H groups in total. The molecule has 2 aromatic carbocycles. The molecule has 2 amide bonds. The molecule has 0 aliphatic rings. The zero-order valence-electron chi connectivity index (χ0n) is 14.6. The second kappa shape index (κ2) is 9.02. The number of nitriles is 1. The molecule has 0 aliphatic heterocycles. The highest BCUT2D eigenvalue weighted by molar-refractivity contribution is 6.33. The minimum Gasteiger partial charge on any atom is -0.350 e. The molecule has 0 saturated heterocycles. The van der Waals surface area contributed by atoms with Crippen LogP contribution in [0.15, 0.2) is 48.5 Å². The summed E-state index contributed by atoms with van der Waals surface area (Å²) in [5.41, 5.74) is 1.68. The van der Waals surface area contributed by atoms with Gasteiger partial charge in [0.25, 0.3) is 5.91 Å². The molecule has 26 heavy (non-hydrogen) atoms. The molecule has 0 radical (unpaired) electrons. The van der Waals surface area contributed by atoms with E-state index < -0.39 is 11.9 Å². The van der Waals surface area contributed by atoms with Gasteiger partial charge in [0.2, 0.25) is 5.91 Å². The first-order valence-electron chi connectivity index (χ1n) is 8.24. The van der Waals surface area contributed by atoms with Crippen LogP contribution in [0.25, 0.3) is 0 Å². The number of hydrogen-bond acceptors (Lipinski definition) is 3. The summed E-state index contributed by atoms with van der Waals surface area (Å²) in [5.74, 6) is -0.787. The quantitative estimate of drug-likeness (QED) is 0.819. The van der Waals surface area contributed by atoms with Gasteiger partial charge in [-0.05, 0) is 35.7 Å². The first-order chi connectivity index (χ1) is 12.4. The zero-order valence-corrected chi connectivity index (χ0v) is 15.4. The predicted octanol–water partition coefficient (Wildman–Crippen LogP) is 3.28. The second-order valence-electron chi connectivity index (χ2n) is 6.20. The lowest BCUT2D eigenvalue weighted by molar-refractivity contribution is -0.124. The zero-order chi connectivity index (χ0) is 19.1. The highest BCUT2D eigenvalue weighted by Gasteiger charge is 2.25. The summed E-state index contributed by atoms with van der Waals surface area (Å²) in [7, 11) is 0. The minimum atomic E-state index is -0.696. The van der Waals surface area contributed by atoms with E-state index in [2.05, 4.69) is 16.7 Å². The molecule has 0 aromatic heterocycles. The number of nitrogens with one attached hydrogen (secondary N) is 2. The van der Waals surface area contributed by atoms with Crippen LogP contribution in [-0.2, 0) is 11.3 Å². The fourth-order valence-corrected chi connectivity index (χ4v) is 2.67. The normalized spacial score (nSPS) is 11.5. The van der Waals surface area contributed by atoms with Crippen LogP contribution < -0.4 is 10.6 Å². The van der Waals surface area contributed by atoms with E-state index in [4.69, 9.17) is 16.9 Å². The van der Waals surface area contributed by atoms with Gasteiger partial charge < -0.3 is 10.6 Å². The van der Waals surface area contributed by atoms with E-state index in [1.165, 1.54) is 0 Å². The molecule has 2 rings (SSSR count). The molecule has 1 atom stereocenters. The van der Waals surface area contributed by atoms with Crippen molar-refractivity contribution in [3.63, 3.8) is 0 Å². The lowest BCUT2D eigenvalue weighted by Crippen LogP contribution is -2.49. The van der Waals surface area contributed by atoms with Crippen molar-refractivity contribution in [3.8, 4) is 6.07 Å². The monoisotopic (exact) mass is 369 g/mol. The molecule has 2 aromatic rings. The van der Waals surface area contributed by atoms with Crippen LogP contribution in [-0.4, -0.2) is 17.9 Å². The van der Waals surface area contributed by atoms with Crippen molar-refractivity contribution in [3.05, 3.63) is 70.2 Å². The Labute approximate surface area is 158 Å². The summed E-state index contributed by atoms with van der Waals surface area (Å²) in [6, 6.07) is 15.1. The maximum atomic E-state index is 12.5. The van der Waals surface area contributed by atoms with Crippen LogP contribution in [0.1, 0.15) is 35.3 Å². The molecule has 134 valence electrons. The molecular weight excluding hydrogens is 350 g/mol. The summed E-state index contributed by atoms with van der Waals surface area (Å²) in [4.78, 5) is 25.0. The van der Waals surface area contributed by atoms with E-state index in [0.717, 1.165) is 5.56 Å². The van der Waals surface area contributed by atoms with Gasteiger partial charge >= 0.3 is 0 Å². The van der Waals surface area contributed by atoms with E-state index in [1.807, 2.05) is 19.9 Å². The Hall–Kier alpha value is -2.84. The molecular formula is C20H20ClN3O2. The van der Waals surface area contributed by atoms with E-state index in [-0.39, 0.29) is 18.4 Å². The summed E-state index contributed by atoms with van der Waals surface area (Å²) < 4.78 is 0. The molecule has 0 aliphatic carbocycles. The van der Waals surface area contributed by atoms with Crippen molar-refractivity contribution in [1.29, 1.82) is 5.26 Å². The van der Waals surface area contributed by atoms with Crippen molar-refractivity contribution in [1.82, 2.24) is 10.6 Å². The lowest BCUT2D eigenvalue weighted by Gasteiger charge is -2.22.